The summed E-state index contributed by atoms with van der Waals surface area (Å²) in [5, 5.41) is 10.0. The van der Waals surface area contributed by atoms with Crippen molar-refractivity contribution < 1.29 is 14.6 Å². The van der Waals surface area contributed by atoms with Gasteiger partial charge in [-0.3, -0.25) is 9.69 Å². The standard InChI is InChI=1S/C19H16BrNO3S2/c1-3-24-15-9-12(8-14(20)17(15)22)10-16-18(23)21(19(25)26-16)13-6-4-11(2)5-7-13/h4-10,22H,3H2,1-2H3/b16-10-. The Morgan fingerprint density at radius 3 is 2.65 bits per heavy atom. The maximum atomic E-state index is 12.8. The molecule has 0 saturated carbocycles. The van der Waals surface area contributed by atoms with Crippen molar-refractivity contribution in [1.82, 2.24) is 0 Å². The maximum Gasteiger partial charge on any atom is 0.270 e. The molecule has 1 aliphatic rings. The quantitative estimate of drug-likeness (QED) is 0.508. The molecule has 0 atom stereocenters. The molecule has 134 valence electrons. The first-order valence-corrected chi connectivity index (χ1v) is 9.92. The molecule has 26 heavy (non-hydrogen) atoms. The zero-order valence-corrected chi connectivity index (χ0v) is 17.4. The highest BCUT2D eigenvalue weighted by molar-refractivity contribution is 9.10. The normalized spacial score (nSPS) is 15.8. The molecular formula is C19H16BrNO3S2. The minimum atomic E-state index is -0.161. The largest absolute Gasteiger partial charge is 0.503 e. The number of benzene rings is 2. The topological polar surface area (TPSA) is 49.8 Å². The smallest absolute Gasteiger partial charge is 0.270 e. The monoisotopic (exact) mass is 449 g/mol. The van der Waals surface area contributed by atoms with Crippen molar-refractivity contribution in [3.05, 3.63) is 56.9 Å². The van der Waals surface area contributed by atoms with Crippen LogP contribution in [-0.2, 0) is 4.79 Å². The average Bonchev–Trinajstić information content (AvgIpc) is 2.87. The Bertz CT molecular complexity index is 910. The van der Waals surface area contributed by atoms with E-state index in [1.807, 2.05) is 38.1 Å². The molecule has 2 aromatic carbocycles. The predicted molar refractivity (Wildman–Crippen MR) is 114 cm³/mol. The number of anilines is 1. The Hall–Kier alpha value is -1.83. The van der Waals surface area contributed by atoms with Crippen molar-refractivity contribution in [2.45, 2.75) is 13.8 Å². The third kappa shape index (κ3) is 3.79. The molecule has 1 saturated heterocycles. The first-order valence-electron chi connectivity index (χ1n) is 7.90. The van der Waals surface area contributed by atoms with Crippen LogP contribution in [0.1, 0.15) is 18.1 Å². The Balaban J connectivity index is 1.94. The number of amides is 1. The number of aryl methyl sites for hydroxylation is 1. The van der Waals surface area contributed by atoms with Gasteiger partial charge in [0.1, 0.15) is 0 Å². The van der Waals surface area contributed by atoms with E-state index in [2.05, 4.69) is 15.9 Å². The van der Waals surface area contributed by atoms with Gasteiger partial charge >= 0.3 is 0 Å². The summed E-state index contributed by atoms with van der Waals surface area (Å²) in [7, 11) is 0. The van der Waals surface area contributed by atoms with Gasteiger partial charge < -0.3 is 9.84 Å². The summed E-state index contributed by atoms with van der Waals surface area (Å²) >= 11 is 9.96. The molecule has 1 fully saturated rings. The van der Waals surface area contributed by atoms with E-state index in [1.165, 1.54) is 16.7 Å². The average molecular weight is 450 g/mol. The Morgan fingerprint density at radius 2 is 2.00 bits per heavy atom. The first-order chi connectivity index (χ1) is 12.4. The molecular weight excluding hydrogens is 434 g/mol. The van der Waals surface area contributed by atoms with E-state index in [-0.39, 0.29) is 11.7 Å². The predicted octanol–water partition coefficient (Wildman–Crippen LogP) is 5.27. The second-order valence-corrected chi connectivity index (χ2v) is 8.17. The Morgan fingerprint density at radius 1 is 1.31 bits per heavy atom. The van der Waals surface area contributed by atoms with Gasteiger partial charge in [0, 0.05) is 0 Å². The Kier molecular flexibility index (Phi) is 5.70. The van der Waals surface area contributed by atoms with Crippen LogP contribution in [0.15, 0.2) is 45.8 Å². The summed E-state index contributed by atoms with van der Waals surface area (Å²) in [6, 6.07) is 11.1. The van der Waals surface area contributed by atoms with Crippen molar-refractivity contribution in [2.75, 3.05) is 11.5 Å². The zero-order chi connectivity index (χ0) is 18.8. The molecule has 1 N–H and O–H groups in total. The molecule has 0 spiro atoms. The molecule has 0 bridgehead atoms. The SMILES string of the molecule is CCOc1cc(/C=C2\SC(=S)N(c3ccc(C)cc3)C2=O)cc(Br)c1O. The summed E-state index contributed by atoms with van der Waals surface area (Å²) in [5.74, 6) is 0.240. The van der Waals surface area contributed by atoms with Gasteiger partial charge in [0.25, 0.3) is 5.91 Å². The molecule has 0 aromatic heterocycles. The molecule has 7 heteroatoms. The van der Waals surface area contributed by atoms with Crippen LogP contribution in [0.5, 0.6) is 11.5 Å². The fourth-order valence-corrected chi connectivity index (χ4v) is 4.24. The van der Waals surface area contributed by atoms with E-state index < -0.39 is 0 Å². The van der Waals surface area contributed by atoms with Gasteiger partial charge in [-0.1, -0.05) is 41.7 Å². The van der Waals surface area contributed by atoms with Crippen molar-refractivity contribution in [3.63, 3.8) is 0 Å². The molecule has 0 unspecified atom stereocenters. The molecule has 0 radical (unpaired) electrons. The Labute approximate surface area is 170 Å². The summed E-state index contributed by atoms with van der Waals surface area (Å²) in [6.07, 6.45) is 1.75. The van der Waals surface area contributed by atoms with Crippen molar-refractivity contribution in [3.8, 4) is 11.5 Å². The lowest BCUT2D eigenvalue weighted by Gasteiger charge is -2.14. The number of rotatable bonds is 4. The number of phenols is 1. The van der Waals surface area contributed by atoms with Crippen molar-refractivity contribution >= 4 is 61.9 Å². The van der Waals surface area contributed by atoms with Gasteiger partial charge in [-0.25, -0.2) is 0 Å². The minimum absolute atomic E-state index is 0.0382. The summed E-state index contributed by atoms with van der Waals surface area (Å²) in [6.45, 7) is 4.26. The van der Waals surface area contributed by atoms with E-state index >= 15 is 0 Å². The van der Waals surface area contributed by atoms with E-state index in [9.17, 15) is 9.90 Å². The van der Waals surface area contributed by atoms with Gasteiger partial charge in [-0.2, -0.15) is 0 Å². The maximum absolute atomic E-state index is 12.8. The number of aromatic hydroxyl groups is 1. The fraction of sp³-hybridized carbons (Fsp3) is 0.158. The van der Waals surface area contributed by atoms with E-state index in [0.29, 0.717) is 26.1 Å². The lowest BCUT2D eigenvalue weighted by molar-refractivity contribution is -0.113. The van der Waals surface area contributed by atoms with Crippen LogP contribution in [0.25, 0.3) is 6.08 Å². The van der Waals surface area contributed by atoms with E-state index in [0.717, 1.165) is 16.8 Å². The van der Waals surface area contributed by atoms with Gasteiger partial charge in [-0.05, 0) is 65.7 Å². The molecule has 1 heterocycles. The highest BCUT2D eigenvalue weighted by atomic mass is 79.9. The highest BCUT2D eigenvalue weighted by Crippen LogP contribution is 2.39. The number of hydrogen-bond acceptors (Lipinski definition) is 5. The number of thiocarbonyl (C=S) groups is 1. The number of phenolic OH excluding ortho intramolecular Hbond substituents is 1. The van der Waals surface area contributed by atoms with Gasteiger partial charge in [0.2, 0.25) is 0 Å². The molecule has 2 aromatic rings. The van der Waals surface area contributed by atoms with Crippen LogP contribution in [-0.4, -0.2) is 21.9 Å². The lowest BCUT2D eigenvalue weighted by Crippen LogP contribution is -2.27. The minimum Gasteiger partial charge on any atom is -0.503 e. The second-order valence-electron chi connectivity index (χ2n) is 5.64. The van der Waals surface area contributed by atoms with Crippen LogP contribution < -0.4 is 9.64 Å². The molecule has 1 aliphatic heterocycles. The summed E-state index contributed by atoms with van der Waals surface area (Å²) in [5.41, 5.74) is 2.61. The molecule has 4 nitrogen and oxygen atoms in total. The number of carbonyl (C=O) groups is 1. The van der Waals surface area contributed by atoms with Crippen LogP contribution in [0.4, 0.5) is 5.69 Å². The lowest BCUT2D eigenvalue weighted by atomic mass is 10.1. The van der Waals surface area contributed by atoms with E-state index in [1.54, 1.807) is 18.2 Å². The number of halogens is 1. The number of nitrogens with zero attached hydrogens (tertiary/aromatic N) is 1. The number of thioether (sulfide) groups is 1. The van der Waals surface area contributed by atoms with E-state index in [4.69, 9.17) is 17.0 Å². The van der Waals surface area contributed by atoms with Crippen molar-refractivity contribution in [1.29, 1.82) is 0 Å². The number of ether oxygens (including phenoxy) is 1. The number of carbonyl (C=O) groups excluding carboxylic acids is 1. The molecule has 3 rings (SSSR count). The summed E-state index contributed by atoms with van der Waals surface area (Å²) < 4.78 is 6.43. The van der Waals surface area contributed by atoms with Crippen LogP contribution in [0, 0.1) is 6.92 Å². The van der Waals surface area contributed by atoms with Crippen LogP contribution in [0.2, 0.25) is 0 Å². The van der Waals surface area contributed by atoms with Gasteiger partial charge in [0.05, 0.1) is 21.7 Å². The summed E-state index contributed by atoms with van der Waals surface area (Å²) in [4.78, 5) is 14.9. The van der Waals surface area contributed by atoms with Gasteiger partial charge in [0.15, 0.2) is 15.8 Å². The van der Waals surface area contributed by atoms with Crippen LogP contribution >= 0.6 is 39.9 Å². The third-order valence-corrected chi connectivity index (χ3v) is 5.64. The second kappa shape index (κ2) is 7.82. The molecule has 0 aliphatic carbocycles. The highest BCUT2D eigenvalue weighted by Gasteiger charge is 2.33. The third-order valence-electron chi connectivity index (χ3n) is 3.73. The van der Waals surface area contributed by atoms with Crippen molar-refractivity contribution in [2.24, 2.45) is 0 Å². The molecule has 1 amide bonds. The first kappa shape index (κ1) is 18.9. The fourth-order valence-electron chi connectivity index (χ4n) is 2.48. The van der Waals surface area contributed by atoms with Crippen LogP contribution in [0.3, 0.4) is 0 Å². The van der Waals surface area contributed by atoms with Gasteiger partial charge in [-0.15, -0.1) is 0 Å². The zero-order valence-electron chi connectivity index (χ0n) is 14.2. The number of hydrogen-bond donors (Lipinski definition) is 1.